The van der Waals surface area contributed by atoms with Crippen molar-refractivity contribution < 1.29 is 14.5 Å². The molecule has 1 unspecified atom stereocenters. The van der Waals surface area contributed by atoms with Crippen molar-refractivity contribution in [1.29, 1.82) is 0 Å². The highest BCUT2D eigenvalue weighted by atomic mass is 32.1. The largest absolute Gasteiger partial charge is 0.327 e. The Kier molecular flexibility index (Phi) is 5.50. The molecule has 1 aliphatic heterocycles. The number of hydrogen-bond acceptors (Lipinski definition) is 4. The van der Waals surface area contributed by atoms with E-state index in [4.69, 9.17) is 4.98 Å². The van der Waals surface area contributed by atoms with Crippen molar-refractivity contribution in [2.75, 3.05) is 25.0 Å². The predicted octanol–water partition coefficient (Wildman–Crippen LogP) is 2.90. The van der Waals surface area contributed by atoms with E-state index in [9.17, 15) is 9.59 Å². The maximum absolute atomic E-state index is 12.6. The number of nitrogens with one attached hydrogen (secondary N) is 2. The van der Waals surface area contributed by atoms with Crippen LogP contribution in [0.15, 0.2) is 48.5 Å². The van der Waals surface area contributed by atoms with Gasteiger partial charge < -0.3 is 10.2 Å². The van der Waals surface area contributed by atoms with Crippen LogP contribution in [-0.4, -0.2) is 36.3 Å². The third-order valence-corrected chi connectivity index (χ3v) is 6.47. The zero-order valence-electron chi connectivity index (χ0n) is 15.9. The van der Waals surface area contributed by atoms with Gasteiger partial charge in [-0.3, -0.25) is 9.59 Å². The number of benzene rings is 2. The highest BCUT2D eigenvalue weighted by Crippen LogP contribution is 2.30. The summed E-state index contributed by atoms with van der Waals surface area (Å²) < 4.78 is 1.23. The van der Waals surface area contributed by atoms with Crippen LogP contribution in [0.3, 0.4) is 0 Å². The lowest BCUT2D eigenvalue weighted by Gasteiger charge is -2.28. The van der Waals surface area contributed by atoms with Crippen molar-refractivity contribution >= 4 is 38.9 Å². The molecule has 1 fully saturated rings. The Labute approximate surface area is 168 Å². The van der Waals surface area contributed by atoms with Crippen LogP contribution >= 0.6 is 11.3 Å². The standard InChI is InChI=1S/C22H23N3O2S/c1-15(26)17-8-2-3-9-18(17)23-21(27)14-25-12-6-7-16(13-25)22-24-19-10-4-5-11-20(19)28-22/h2-5,8-11,16H,6-7,12-14H2,1H3,(H,23,27)/p+1/t16-/m1/s1. The van der Waals surface area contributed by atoms with Gasteiger partial charge in [-0.2, -0.15) is 0 Å². The van der Waals surface area contributed by atoms with Crippen molar-refractivity contribution in [1.82, 2.24) is 4.98 Å². The van der Waals surface area contributed by atoms with E-state index < -0.39 is 0 Å². The van der Waals surface area contributed by atoms with Crippen molar-refractivity contribution in [2.24, 2.45) is 0 Å². The average molecular weight is 395 g/mol. The maximum Gasteiger partial charge on any atom is 0.279 e. The molecule has 1 amide bonds. The topological polar surface area (TPSA) is 63.5 Å². The molecule has 2 atom stereocenters. The second-order valence-corrected chi connectivity index (χ2v) is 8.45. The fourth-order valence-electron chi connectivity index (χ4n) is 3.91. The van der Waals surface area contributed by atoms with Gasteiger partial charge in [-0.15, -0.1) is 11.3 Å². The van der Waals surface area contributed by atoms with Gasteiger partial charge in [0.15, 0.2) is 12.3 Å². The first-order chi connectivity index (χ1) is 13.6. The molecule has 1 aliphatic rings. The number of likely N-dealkylation sites (tertiary alicyclic amines) is 1. The molecule has 2 aromatic carbocycles. The number of carbonyl (C=O) groups is 2. The van der Waals surface area contributed by atoms with Crippen LogP contribution in [-0.2, 0) is 4.79 Å². The van der Waals surface area contributed by atoms with Crippen LogP contribution in [0.1, 0.15) is 41.0 Å². The predicted molar refractivity (Wildman–Crippen MR) is 112 cm³/mol. The number of thiazole rings is 1. The first-order valence-corrected chi connectivity index (χ1v) is 10.5. The summed E-state index contributed by atoms with van der Waals surface area (Å²) in [7, 11) is 0. The van der Waals surface area contributed by atoms with E-state index in [1.807, 2.05) is 24.3 Å². The molecule has 144 valence electrons. The number of Topliss-reactive ketones (excluding diaryl/α,β-unsaturated/α-hetero) is 1. The number of carbonyl (C=O) groups excluding carboxylic acids is 2. The number of para-hydroxylation sites is 2. The third-order valence-electron chi connectivity index (χ3n) is 5.27. The summed E-state index contributed by atoms with van der Waals surface area (Å²) in [5.41, 5.74) is 2.21. The fourth-order valence-corrected chi connectivity index (χ4v) is 5.01. The van der Waals surface area contributed by atoms with Crippen LogP contribution in [0.2, 0.25) is 0 Å². The SMILES string of the molecule is CC(=O)c1ccccc1NC(=O)C[NH+]1CCC[C@@H](c2nc3ccccc3s2)C1. The number of amides is 1. The summed E-state index contributed by atoms with van der Waals surface area (Å²) in [4.78, 5) is 30.4. The zero-order chi connectivity index (χ0) is 19.5. The smallest absolute Gasteiger partial charge is 0.279 e. The molecule has 0 aliphatic carbocycles. The van der Waals surface area contributed by atoms with Crippen LogP contribution in [0.4, 0.5) is 5.69 Å². The number of fused-ring (bicyclic) bond motifs is 1. The van der Waals surface area contributed by atoms with Crippen LogP contribution in [0.25, 0.3) is 10.2 Å². The Morgan fingerprint density at radius 2 is 1.96 bits per heavy atom. The molecule has 6 heteroatoms. The summed E-state index contributed by atoms with van der Waals surface area (Å²) in [6.45, 7) is 3.84. The molecule has 1 saturated heterocycles. The highest BCUT2D eigenvalue weighted by molar-refractivity contribution is 7.18. The molecule has 0 spiro atoms. The number of piperidine rings is 1. The summed E-state index contributed by atoms with van der Waals surface area (Å²) in [6, 6.07) is 15.4. The number of quaternary nitrogens is 1. The van der Waals surface area contributed by atoms with E-state index in [0.29, 0.717) is 23.7 Å². The van der Waals surface area contributed by atoms with Crippen LogP contribution < -0.4 is 10.2 Å². The molecular formula is C22H24N3O2S+. The first kappa shape index (κ1) is 18.8. The van der Waals surface area contributed by atoms with Gasteiger partial charge in [-0.25, -0.2) is 4.98 Å². The van der Waals surface area contributed by atoms with Gasteiger partial charge in [-0.1, -0.05) is 24.3 Å². The number of nitrogens with zero attached hydrogens (tertiary/aromatic N) is 1. The van der Waals surface area contributed by atoms with Gasteiger partial charge in [0.05, 0.1) is 34.9 Å². The van der Waals surface area contributed by atoms with E-state index in [1.54, 1.807) is 23.5 Å². The van der Waals surface area contributed by atoms with Crippen molar-refractivity contribution in [3.63, 3.8) is 0 Å². The van der Waals surface area contributed by atoms with E-state index in [1.165, 1.54) is 21.5 Å². The Hall–Kier alpha value is -2.57. The van der Waals surface area contributed by atoms with E-state index in [-0.39, 0.29) is 11.7 Å². The summed E-state index contributed by atoms with van der Waals surface area (Å²) in [5.74, 6) is 0.309. The van der Waals surface area contributed by atoms with E-state index in [2.05, 4.69) is 17.4 Å². The summed E-state index contributed by atoms with van der Waals surface area (Å²) in [6.07, 6.45) is 2.21. The van der Waals surface area contributed by atoms with Crippen LogP contribution in [0, 0.1) is 0 Å². The molecule has 4 rings (SSSR count). The fraction of sp³-hybridized carbons (Fsp3) is 0.318. The monoisotopic (exact) mass is 394 g/mol. The van der Waals surface area contributed by atoms with Gasteiger partial charge in [0.1, 0.15) is 5.01 Å². The molecule has 0 bridgehead atoms. The number of aromatic nitrogens is 1. The lowest BCUT2D eigenvalue weighted by atomic mass is 9.99. The first-order valence-electron chi connectivity index (χ1n) is 9.69. The van der Waals surface area contributed by atoms with Crippen molar-refractivity contribution in [3.05, 3.63) is 59.1 Å². The van der Waals surface area contributed by atoms with Gasteiger partial charge in [0.2, 0.25) is 0 Å². The Bertz CT molecular complexity index is 981. The molecular weight excluding hydrogens is 370 g/mol. The normalized spacial score (nSPS) is 19.5. The average Bonchev–Trinajstić information content (AvgIpc) is 3.13. The van der Waals surface area contributed by atoms with E-state index >= 15 is 0 Å². The lowest BCUT2D eigenvalue weighted by molar-refractivity contribution is -0.898. The van der Waals surface area contributed by atoms with E-state index in [0.717, 1.165) is 31.4 Å². The molecule has 2 N–H and O–H groups in total. The Balaban J connectivity index is 1.41. The van der Waals surface area contributed by atoms with Gasteiger partial charge in [-0.05, 0) is 44.0 Å². The molecule has 2 heterocycles. The number of anilines is 1. The third kappa shape index (κ3) is 4.13. The summed E-state index contributed by atoms with van der Waals surface area (Å²) >= 11 is 1.77. The zero-order valence-corrected chi connectivity index (χ0v) is 16.7. The summed E-state index contributed by atoms with van der Waals surface area (Å²) in [5, 5.41) is 4.10. The number of ketones is 1. The molecule has 28 heavy (non-hydrogen) atoms. The minimum atomic E-state index is -0.0475. The second-order valence-electron chi connectivity index (χ2n) is 7.39. The maximum atomic E-state index is 12.6. The minimum absolute atomic E-state index is 0.0443. The van der Waals surface area contributed by atoms with Crippen molar-refractivity contribution in [2.45, 2.75) is 25.7 Å². The van der Waals surface area contributed by atoms with Gasteiger partial charge in [0, 0.05) is 5.56 Å². The molecule has 3 aromatic rings. The second kappa shape index (κ2) is 8.20. The van der Waals surface area contributed by atoms with Crippen LogP contribution in [0.5, 0.6) is 0 Å². The number of rotatable bonds is 5. The quantitative estimate of drug-likeness (QED) is 0.654. The van der Waals surface area contributed by atoms with Gasteiger partial charge in [0.25, 0.3) is 5.91 Å². The van der Waals surface area contributed by atoms with Gasteiger partial charge >= 0.3 is 0 Å². The molecule has 0 radical (unpaired) electrons. The lowest BCUT2D eigenvalue weighted by Crippen LogP contribution is -3.14. The van der Waals surface area contributed by atoms with Crippen molar-refractivity contribution in [3.8, 4) is 0 Å². The Morgan fingerprint density at radius 3 is 2.79 bits per heavy atom. The molecule has 5 nitrogen and oxygen atoms in total. The number of hydrogen-bond donors (Lipinski definition) is 2. The Morgan fingerprint density at radius 1 is 1.18 bits per heavy atom. The highest BCUT2D eigenvalue weighted by Gasteiger charge is 2.28. The molecule has 0 saturated carbocycles. The minimum Gasteiger partial charge on any atom is -0.327 e. The molecule has 1 aromatic heterocycles.